The van der Waals surface area contributed by atoms with E-state index in [1.54, 1.807) is 0 Å². The lowest BCUT2D eigenvalue weighted by Crippen LogP contribution is -2.52. The van der Waals surface area contributed by atoms with Gasteiger partial charge in [0.25, 0.3) is 0 Å². The first-order valence-electron chi connectivity index (χ1n) is 5.56. The third-order valence-electron chi connectivity index (χ3n) is 2.49. The lowest BCUT2D eigenvalue weighted by Gasteiger charge is -2.32. The third-order valence-corrected chi connectivity index (χ3v) is 4.08. The molecule has 1 aliphatic rings. The summed E-state index contributed by atoms with van der Waals surface area (Å²) in [4.78, 5) is 0. The molecule has 0 aliphatic carbocycles. The molecule has 1 rings (SSSR count). The van der Waals surface area contributed by atoms with Crippen LogP contribution in [-0.2, 0) is 14.8 Å². The smallest absolute Gasteiger partial charge is 0.374 e. The largest absolute Gasteiger partial charge is 0.511 e. The van der Waals surface area contributed by atoms with Crippen LogP contribution in [0.5, 0.6) is 0 Å². The Morgan fingerprint density at radius 2 is 2.06 bits per heavy atom. The molecule has 0 radical (unpaired) electrons. The number of nitrogens with one attached hydrogen (secondary N) is 1. The molecule has 0 unspecified atom stereocenters. The van der Waals surface area contributed by atoms with E-state index in [0.717, 1.165) is 0 Å². The molecule has 1 heterocycles. The summed E-state index contributed by atoms with van der Waals surface area (Å²) in [5, 5.41) is 3.00. The van der Waals surface area contributed by atoms with E-state index in [4.69, 9.17) is 4.74 Å². The summed E-state index contributed by atoms with van der Waals surface area (Å²) < 4.78 is 65.2. The van der Waals surface area contributed by atoms with Crippen molar-refractivity contribution in [2.75, 3.05) is 26.2 Å². The number of ether oxygens (including phenoxy) is 1. The Morgan fingerprint density at radius 1 is 1.44 bits per heavy atom. The van der Waals surface area contributed by atoms with Crippen LogP contribution in [0.1, 0.15) is 13.8 Å². The second-order valence-corrected chi connectivity index (χ2v) is 6.29. The van der Waals surface area contributed by atoms with Crippen molar-refractivity contribution in [1.29, 1.82) is 0 Å². The molecule has 1 N–H and O–H groups in total. The molecule has 0 saturated carbocycles. The van der Waals surface area contributed by atoms with E-state index >= 15 is 0 Å². The van der Waals surface area contributed by atoms with Crippen LogP contribution in [-0.4, -0.2) is 56.6 Å². The van der Waals surface area contributed by atoms with E-state index in [1.165, 1.54) is 0 Å². The van der Waals surface area contributed by atoms with Gasteiger partial charge in [0.15, 0.2) is 0 Å². The maximum absolute atomic E-state index is 12.4. The zero-order valence-electron chi connectivity index (χ0n) is 10.2. The zero-order valence-corrected chi connectivity index (χ0v) is 11.0. The van der Waals surface area contributed by atoms with Gasteiger partial charge in [-0.1, -0.05) is 13.8 Å². The zero-order chi connectivity index (χ0) is 14.0. The molecule has 1 atom stereocenters. The molecule has 0 amide bonds. The lowest BCUT2D eigenvalue weighted by molar-refractivity contribution is -0.0569. The van der Waals surface area contributed by atoms with Crippen LogP contribution in [0.4, 0.5) is 13.2 Å². The molecule has 108 valence electrons. The van der Waals surface area contributed by atoms with Gasteiger partial charge in [-0.25, -0.2) is 8.42 Å². The summed E-state index contributed by atoms with van der Waals surface area (Å²) in [6.45, 7) is 3.52. The highest BCUT2D eigenvalue weighted by atomic mass is 32.2. The second kappa shape index (κ2) is 5.72. The van der Waals surface area contributed by atoms with Gasteiger partial charge >= 0.3 is 15.5 Å². The van der Waals surface area contributed by atoms with Gasteiger partial charge < -0.3 is 10.1 Å². The summed E-state index contributed by atoms with van der Waals surface area (Å²) in [6.07, 6.45) is -0.557. The van der Waals surface area contributed by atoms with Crippen molar-refractivity contribution in [2.24, 2.45) is 0 Å². The van der Waals surface area contributed by atoms with Crippen molar-refractivity contribution in [3.8, 4) is 0 Å². The van der Waals surface area contributed by atoms with E-state index < -0.39 is 21.6 Å². The van der Waals surface area contributed by atoms with Crippen LogP contribution in [0.2, 0.25) is 0 Å². The number of hydrogen-bond acceptors (Lipinski definition) is 4. The molecule has 18 heavy (non-hydrogen) atoms. The monoisotopic (exact) mass is 290 g/mol. The van der Waals surface area contributed by atoms with E-state index in [0.29, 0.717) is 10.8 Å². The van der Waals surface area contributed by atoms with Gasteiger partial charge in [-0.2, -0.15) is 17.5 Å². The minimum Gasteiger partial charge on any atom is -0.374 e. The molecule has 0 spiro atoms. The fraction of sp³-hybridized carbons (Fsp3) is 1.00. The van der Waals surface area contributed by atoms with Crippen LogP contribution in [0, 0.1) is 0 Å². The second-order valence-electron chi connectivity index (χ2n) is 4.36. The normalized spacial score (nSPS) is 23.6. The first-order chi connectivity index (χ1) is 8.14. The topological polar surface area (TPSA) is 58.6 Å². The minimum absolute atomic E-state index is 0.0280. The highest BCUT2D eigenvalue weighted by Gasteiger charge is 2.50. The number of halogens is 3. The SMILES string of the molecule is CC(C)NC[C@H]1CN(S(=O)(=O)C(F)(F)F)CCO1. The fourth-order valence-electron chi connectivity index (χ4n) is 1.55. The van der Waals surface area contributed by atoms with Gasteiger partial charge in [0.1, 0.15) is 0 Å². The van der Waals surface area contributed by atoms with Gasteiger partial charge in [0.05, 0.1) is 12.7 Å². The molecular weight excluding hydrogens is 273 g/mol. The van der Waals surface area contributed by atoms with E-state index in [-0.39, 0.29) is 25.7 Å². The van der Waals surface area contributed by atoms with Crippen LogP contribution in [0.15, 0.2) is 0 Å². The molecule has 1 saturated heterocycles. The first kappa shape index (κ1) is 15.7. The number of rotatable bonds is 4. The highest BCUT2D eigenvalue weighted by molar-refractivity contribution is 7.90. The quantitative estimate of drug-likeness (QED) is 0.821. The van der Waals surface area contributed by atoms with E-state index in [2.05, 4.69) is 5.32 Å². The Balaban J connectivity index is 2.64. The average Bonchev–Trinajstić information content (AvgIpc) is 2.25. The molecule has 5 nitrogen and oxygen atoms in total. The van der Waals surface area contributed by atoms with Crippen LogP contribution < -0.4 is 5.32 Å². The molecule has 0 aromatic rings. The van der Waals surface area contributed by atoms with Gasteiger partial charge in [-0.05, 0) is 0 Å². The van der Waals surface area contributed by atoms with Crippen molar-refractivity contribution >= 4 is 10.0 Å². The molecular formula is C9H17F3N2O3S. The Hall–Kier alpha value is -0.380. The molecule has 1 fully saturated rings. The third kappa shape index (κ3) is 3.81. The lowest BCUT2D eigenvalue weighted by atomic mass is 10.3. The summed E-state index contributed by atoms with van der Waals surface area (Å²) >= 11 is 0. The summed E-state index contributed by atoms with van der Waals surface area (Å²) in [5.74, 6) is 0. The molecule has 9 heteroatoms. The maximum atomic E-state index is 12.4. The predicted octanol–water partition coefficient (Wildman–Crippen LogP) is 0.535. The van der Waals surface area contributed by atoms with Crippen LogP contribution in [0.3, 0.4) is 0 Å². The minimum atomic E-state index is -5.25. The number of alkyl halides is 3. The Kier molecular flexibility index (Phi) is 4.98. The van der Waals surface area contributed by atoms with Crippen LogP contribution >= 0.6 is 0 Å². The van der Waals surface area contributed by atoms with Gasteiger partial charge in [0, 0.05) is 25.7 Å². The van der Waals surface area contributed by atoms with Crippen molar-refractivity contribution in [2.45, 2.75) is 31.5 Å². The van der Waals surface area contributed by atoms with E-state index in [1.807, 2.05) is 13.8 Å². The number of hydrogen-bond donors (Lipinski definition) is 1. The fourth-order valence-corrected chi connectivity index (χ4v) is 2.52. The highest BCUT2D eigenvalue weighted by Crippen LogP contribution is 2.27. The van der Waals surface area contributed by atoms with E-state index in [9.17, 15) is 21.6 Å². The first-order valence-corrected chi connectivity index (χ1v) is 7.00. The van der Waals surface area contributed by atoms with Crippen LogP contribution in [0.25, 0.3) is 0 Å². The number of nitrogens with zero attached hydrogens (tertiary/aromatic N) is 1. The van der Waals surface area contributed by atoms with Crippen molar-refractivity contribution in [3.63, 3.8) is 0 Å². The standard InChI is InChI=1S/C9H17F3N2O3S/c1-7(2)13-5-8-6-14(3-4-17-8)18(15,16)9(10,11)12/h7-8,13H,3-6H2,1-2H3/t8-/m0/s1. The van der Waals surface area contributed by atoms with Crippen molar-refractivity contribution < 1.29 is 26.3 Å². The van der Waals surface area contributed by atoms with Crippen molar-refractivity contribution in [1.82, 2.24) is 9.62 Å². The maximum Gasteiger partial charge on any atom is 0.511 e. The molecule has 0 aromatic carbocycles. The average molecular weight is 290 g/mol. The molecule has 1 aliphatic heterocycles. The van der Waals surface area contributed by atoms with Crippen molar-refractivity contribution in [3.05, 3.63) is 0 Å². The Bertz CT molecular complexity index is 370. The molecule has 0 bridgehead atoms. The van der Waals surface area contributed by atoms with Gasteiger partial charge in [-0.15, -0.1) is 0 Å². The van der Waals surface area contributed by atoms with Gasteiger partial charge in [-0.3, -0.25) is 0 Å². The predicted molar refractivity (Wildman–Crippen MR) is 59.4 cm³/mol. The summed E-state index contributed by atoms with van der Waals surface area (Å²) in [6, 6.07) is 0.156. The Labute approximate surface area is 104 Å². The molecule has 0 aromatic heterocycles. The Morgan fingerprint density at radius 3 is 2.56 bits per heavy atom. The summed E-state index contributed by atoms with van der Waals surface area (Å²) in [5.41, 5.74) is -5.25. The van der Waals surface area contributed by atoms with Gasteiger partial charge in [0.2, 0.25) is 0 Å². The number of morpholine rings is 1. The number of sulfonamides is 1. The summed E-state index contributed by atoms with van der Waals surface area (Å²) in [7, 11) is -5.25.